The predicted octanol–water partition coefficient (Wildman–Crippen LogP) is -0.0438. The molecule has 0 spiro atoms. The molecular formula is C8H10N2O3. The van der Waals surface area contributed by atoms with E-state index in [-0.39, 0.29) is 5.78 Å². The lowest BCUT2D eigenvalue weighted by Gasteiger charge is -2.07. The lowest BCUT2D eigenvalue weighted by Crippen LogP contribution is -2.33. The van der Waals surface area contributed by atoms with Gasteiger partial charge in [-0.25, -0.2) is 0 Å². The van der Waals surface area contributed by atoms with Crippen molar-refractivity contribution in [3.63, 3.8) is 0 Å². The molecule has 0 aliphatic carbocycles. The molecule has 1 aliphatic heterocycles. The van der Waals surface area contributed by atoms with Gasteiger partial charge in [-0.3, -0.25) is 14.4 Å². The van der Waals surface area contributed by atoms with Crippen LogP contribution in [0.1, 0.15) is 20.8 Å². The summed E-state index contributed by atoms with van der Waals surface area (Å²) in [5.41, 5.74) is 0.382. The zero-order valence-corrected chi connectivity index (χ0v) is 7.70. The van der Waals surface area contributed by atoms with E-state index in [1.54, 1.807) is 6.92 Å². The molecule has 70 valence electrons. The first-order chi connectivity index (χ1) is 5.95. The molecule has 5 heteroatoms. The van der Waals surface area contributed by atoms with Crippen molar-refractivity contribution in [2.24, 2.45) is 11.0 Å². The molecule has 0 aromatic carbocycles. The normalized spacial score (nSPS) is 21.8. The van der Waals surface area contributed by atoms with E-state index in [2.05, 4.69) is 5.10 Å². The van der Waals surface area contributed by atoms with Crippen LogP contribution in [0, 0.1) is 5.92 Å². The minimum absolute atomic E-state index is 0.282. The van der Waals surface area contributed by atoms with E-state index in [9.17, 15) is 14.4 Å². The van der Waals surface area contributed by atoms with Crippen LogP contribution in [-0.4, -0.2) is 28.3 Å². The molecule has 1 rings (SSSR count). The van der Waals surface area contributed by atoms with Gasteiger partial charge in [-0.1, -0.05) is 0 Å². The second-order valence-corrected chi connectivity index (χ2v) is 2.95. The lowest BCUT2D eigenvalue weighted by atomic mass is 10.0. The summed E-state index contributed by atoms with van der Waals surface area (Å²) in [6.45, 7) is 4.11. The molecule has 0 aromatic heterocycles. The largest absolute Gasteiger partial charge is 0.299 e. The Labute approximate surface area is 75.4 Å². The van der Waals surface area contributed by atoms with E-state index in [1.807, 2.05) is 0 Å². The number of hydrogen-bond acceptors (Lipinski definition) is 4. The van der Waals surface area contributed by atoms with E-state index >= 15 is 0 Å². The molecule has 0 saturated carbocycles. The number of imide groups is 1. The Morgan fingerprint density at radius 2 is 1.92 bits per heavy atom. The predicted molar refractivity (Wildman–Crippen MR) is 44.8 cm³/mol. The smallest absolute Gasteiger partial charge is 0.266 e. The van der Waals surface area contributed by atoms with Crippen molar-refractivity contribution < 1.29 is 14.4 Å². The van der Waals surface area contributed by atoms with E-state index < -0.39 is 17.7 Å². The van der Waals surface area contributed by atoms with E-state index in [0.29, 0.717) is 5.71 Å². The van der Waals surface area contributed by atoms with Crippen molar-refractivity contribution in [3.8, 4) is 0 Å². The van der Waals surface area contributed by atoms with Crippen LogP contribution in [0.25, 0.3) is 0 Å². The summed E-state index contributed by atoms with van der Waals surface area (Å²) in [6.07, 6.45) is 0. The molecule has 0 aromatic rings. The van der Waals surface area contributed by atoms with Crippen LogP contribution < -0.4 is 0 Å². The fourth-order valence-corrected chi connectivity index (χ4v) is 1.26. The Bertz CT molecular complexity index is 319. The first-order valence-electron chi connectivity index (χ1n) is 3.85. The third-order valence-corrected chi connectivity index (χ3v) is 1.84. The van der Waals surface area contributed by atoms with Crippen LogP contribution in [0.2, 0.25) is 0 Å². The monoisotopic (exact) mass is 182 g/mol. The van der Waals surface area contributed by atoms with Crippen molar-refractivity contribution in [3.05, 3.63) is 0 Å². The van der Waals surface area contributed by atoms with Crippen molar-refractivity contribution >= 4 is 23.3 Å². The van der Waals surface area contributed by atoms with Crippen LogP contribution in [0.4, 0.5) is 0 Å². The summed E-state index contributed by atoms with van der Waals surface area (Å²) in [5, 5.41) is 4.44. The van der Waals surface area contributed by atoms with Gasteiger partial charge in [-0.2, -0.15) is 10.1 Å². The molecule has 5 nitrogen and oxygen atoms in total. The Hall–Kier alpha value is -1.52. The summed E-state index contributed by atoms with van der Waals surface area (Å²) in [5.74, 6) is -2.15. The number of carbonyl (C=O) groups is 3. The van der Waals surface area contributed by atoms with Gasteiger partial charge in [-0.15, -0.1) is 0 Å². The van der Waals surface area contributed by atoms with Gasteiger partial charge in [0.2, 0.25) is 5.91 Å². The number of carbonyl (C=O) groups excluding carboxylic acids is 3. The number of amides is 2. The number of rotatable bonds is 1. The zero-order chi connectivity index (χ0) is 10.2. The molecule has 2 amide bonds. The summed E-state index contributed by atoms with van der Waals surface area (Å²) in [4.78, 5) is 33.2. The van der Waals surface area contributed by atoms with Crippen LogP contribution >= 0.6 is 0 Å². The summed E-state index contributed by atoms with van der Waals surface area (Å²) in [7, 11) is 0. The molecule has 1 atom stereocenters. The number of Topliss-reactive ketones (excluding diaryl/α,β-unsaturated/α-hetero) is 1. The summed E-state index contributed by atoms with van der Waals surface area (Å²) >= 11 is 0. The number of hydrogen-bond donors (Lipinski definition) is 0. The SMILES string of the molecule is CC(=O)[C@H]1C(=O)N(C(C)=O)N=C1C. The topological polar surface area (TPSA) is 66.8 Å². The Morgan fingerprint density at radius 3 is 2.15 bits per heavy atom. The van der Waals surface area contributed by atoms with E-state index in [4.69, 9.17) is 0 Å². The quantitative estimate of drug-likeness (QED) is 0.534. The van der Waals surface area contributed by atoms with Gasteiger partial charge in [0.1, 0.15) is 11.7 Å². The van der Waals surface area contributed by atoms with Crippen LogP contribution in [0.15, 0.2) is 5.10 Å². The summed E-state index contributed by atoms with van der Waals surface area (Å²) in [6, 6.07) is 0. The second-order valence-electron chi connectivity index (χ2n) is 2.95. The number of hydrazone groups is 1. The maximum atomic E-state index is 11.4. The van der Waals surface area contributed by atoms with E-state index in [0.717, 1.165) is 5.01 Å². The Morgan fingerprint density at radius 1 is 1.38 bits per heavy atom. The molecule has 0 saturated heterocycles. The first-order valence-corrected chi connectivity index (χ1v) is 3.85. The molecule has 0 unspecified atom stereocenters. The van der Waals surface area contributed by atoms with Crippen molar-refractivity contribution in [1.29, 1.82) is 0 Å². The molecule has 1 heterocycles. The van der Waals surface area contributed by atoms with E-state index in [1.165, 1.54) is 13.8 Å². The maximum absolute atomic E-state index is 11.4. The lowest BCUT2D eigenvalue weighted by molar-refractivity contribution is -0.144. The fourth-order valence-electron chi connectivity index (χ4n) is 1.26. The fraction of sp³-hybridized carbons (Fsp3) is 0.500. The number of nitrogens with zero attached hydrogens (tertiary/aromatic N) is 2. The Balaban J connectivity index is 2.99. The third kappa shape index (κ3) is 1.49. The maximum Gasteiger partial charge on any atom is 0.266 e. The highest BCUT2D eigenvalue weighted by atomic mass is 16.2. The van der Waals surface area contributed by atoms with Gasteiger partial charge in [0.25, 0.3) is 5.91 Å². The molecule has 13 heavy (non-hydrogen) atoms. The standard InChI is InChI=1S/C8H10N2O3/c1-4-7(5(2)11)8(13)10(9-4)6(3)12/h7H,1-3H3/t7-/m0/s1. The molecule has 0 fully saturated rings. The average molecular weight is 182 g/mol. The van der Waals surface area contributed by atoms with Gasteiger partial charge < -0.3 is 0 Å². The van der Waals surface area contributed by atoms with Crippen molar-refractivity contribution in [2.75, 3.05) is 0 Å². The van der Waals surface area contributed by atoms with Crippen molar-refractivity contribution in [1.82, 2.24) is 5.01 Å². The molecular weight excluding hydrogens is 172 g/mol. The van der Waals surface area contributed by atoms with Crippen LogP contribution in [0.3, 0.4) is 0 Å². The van der Waals surface area contributed by atoms with Gasteiger partial charge in [-0.05, 0) is 13.8 Å². The van der Waals surface area contributed by atoms with Crippen LogP contribution in [-0.2, 0) is 14.4 Å². The summed E-state index contributed by atoms with van der Waals surface area (Å²) < 4.78 is 0. The highest BCUT2D eigenvalue weighted by Crippen LogP contribution is 2.16. The average Bonchev–Trinajstić information content (AvgIpc) is 2.26. The van der Waals surface area contributed by atoms with Crippen LogP contribution in [0.5, 0.6) is 0 Å². The van der Waals surface area contributed by atoms with Gasteiger partial charge >= 0.3 is 0 Å². The molecule has 0 bridgehead atoms. The molecule has 1 aliphatic rings. The molecule has 0 N–H and O–H groups in total. The second kappa shape index (κ2) is 3.08. The first kappa shape index (κ1) is 9.57. The number of ketones is 1. The third-order valence-electron chi connectivity index (χ3n) is 1.84. The van der Waals surface area contributed by atoms with Gasteiger partial charge in [0.15, 0.2) is 0 Å². The Kier molecular flexibility index (Phi) is 2.27. The molecule has 0 radical (unpaired) electrons. The minimum atomic E-state index is -0.858. The van der Waals surface area contributed by atoms with Crippen molar-refractivity contribution in [2.45, 2.75) is 20.8 Å². The van der Waals surface area contributed by atoms with Gasteiger partial charge in [0.05, 0.1) is 5.71 Å². The highest BCUT2D eigenvalue weighted by molar-refractivity contribution is 6.24. The highest BCUT2D eigenvalue weighted by Gasteiger charge is 2.38. The minimum Gasteiger partial charge on any atom is -0.299 e. The zero-order valence-electron chi connectivity index (χ0n) is 7.70. The van der Waals surface area contributed by atoms with Gasteiger partial charge in [0, 0.05) is 6.92 Å².